The molecular formula is C18H19N3O4. The Morgan fingerprint density at radius 3 is 2.84 bits per heavy atom. The summed E-state index contributed by atoms with van der Waals surface area (Å²) in [5.74, 6) is 4.84. The minimum atomic E-state index is -0.579. The van der Waals surface area contributed by atoms with Gasteiger partial charge in [-0.3, -0.25) is 9.59 Å². The van der Waals surface area contributed by atoms with E-state index in [9.17, 15) is 14.7 Å². The van der Waals surface area contributed by atoms with Crippen LogP contribution in [0.2, 0.25) is 0 Å². The van der Waals surface area contributed by atoms with Crippen molar-refractivity contribution in [2.45, 2.75) is 26.4 Å². The number of hydrogen-bond acceptors (Lipinski definition) is 5. The summed E-state index contributed by atoms with van der Waals surface area (Å²) in [5, 5.41) is 18.2. The third-order valence-electron chi connectivity index (χ3n) is 3.27. The molecule has 0 aliphatic heterocycles. The predicted molar refractivity (Wildman–Crippen MR) is 91.8 cm³/mol. The van der Waals surface area contributed by atoms with Gasteiger partial charge in [0.2, 0.25) is 0 Å². The number of rotatable bonds is 5. The zero-order chi connectivity index (χ0) is 18.2. The Hall–Kier alpha value is -3.11. The van der Waals surface area contributed by atoms with Crippen LogP contribution in [0.3, 0.4) is 0 Å². The average molecular weight is 341 g/mol. The first kappa shape index (κ1) is 18.2. The molecule has 7 nitrogen and oxygen atoms in total. The smallest absolute Gasteiger partial charge is 0.296 e. The number of hydrogen-bond donors (Lipinski definition) is 3. The Bertz CT molecular complexity index is 817. The zero-order valence-electron chi connectivity index (χ0n) is 14.0. The normalized spacial score (nSPS) is 11.2. The van der Waals surface area contributed by atoms with Crippen LogP contribution in [0.4, 0.5) is 5.69 Å². The van der Waals surface area contributed by atoms with Gasteiger partial charge in [-0.15, -0.1) is 0 Å². The van der Waals surface area contributed by atoms with E-state index >= 15 is 0 Å². The van der Waals surface area contributed by atoms with Crippen LogP contribution >= 0.6 is 0 Å². The first-order valence-electron chi connectivity index (χ1n) is 7.80. The van der Waals surface area contributed by atoms with E-state index in [1.807, 2.05) is 6.92 Å². The molecule has 0 fully saturated rings. The monoisotopic (exact) mass is 341 g/mol. The third kappa shape index (κ3) is 5.79. The third-order valence-corrected chi connectivity index (χ3v) is 3.27. The van der Waals surface area contributed by atoms with E-state index < -0.39 is 17.9 Å². The molecule has 0 saturated heterocycles. The molecule has 2 aromatic rings. The maximum absolute atomic E-state index is 12.0. The molecule has 0 saturated carbocycles. The van der Waals surface area contributed by atoms with E-state index in [-0.39, 0.29) is 12.2 Å². The molecular weight excluding hydrogens is 322 g/mol. The van der Waals surface area contributed by atoms with E-state index in [4.69, 9.17) is 4.52 Å². The first-order chi connectivity index (χ1) is 12.0. The molecule has 0 bridgehead atoms. The highest BCUT2D eigenvalue weighted by Crippen LogP contribution is 2.12. The minimum absolute atomic E-state index is 0.164. The molecule has 0 spiro atoms. The van der Waals surface area contributed by atoms with Gasteiger partial charge in [0.1, 0.15) is 5.76 Å². The summed E-state index contributed by atoms with van der Waals surface area (Å²) in [6.45, 7) is 3.68. The van der Waals surface area contributed by atoms with Crippen molar-refractivity contribution in [3.63, 3.8) is 0 Å². The molecule has 1 aromatic heterocycles. The van der Waals surface area contributed by atoms with Crippen molar-refractivity contribution < 1.29 is 19.2 Å². The number of aliphatic hydroxyl groups excluding tert-OH is 1. The number of aliphatic hydroxyl groups is 1. The molecule has 1 atom stereocenters. The van der Waals surface area contributed by atoms with E-state index in [1.54, 1.807) is 31.2 Å². The van der Waals surface area contributed by atoms with E-state index in [0.717, 1.165) is 0 Å². The SMILES string of the molecule is CC[C@H](O)CNC(=O)C#Cc1cccc(NC(=O)c2cc(C)on2)c1. The zero-order valence-corrected chi connectivity index (χ0v) is 14.0. The lowest BCUT2D eigenvalue weighted by Gasteiger charge is -2.06. The number of carbonyl (C=O) groups excluding carboxylic acids is 2. The average Bonchev–Trinajstić information content (AvgIpc) is 3.04. The summed E-state index contributed by atoms with van der Waals surface area (Å²) in [7, 11) is 0. The van der Waals surface area contributed by atoms with Crippen molar-refractivity contribution >= 4 is 17.5 Å². The number of anilines is 1. The maximum Gasteiger partial charge on any atom is 0.296 e. The molecule has 7 heteroatoms. The molecule has 130 valence electrons. The lowest BCUT2D eigenvalue weighted by atomic mass is 10.2. The van der Waals surface area contributed by atoms with Crippen molar-refractivity contribution in [3.05, 3.63) is 47.3 Å². The largest absolute Gasteiger partial charge is 0.391 e. The number of aromatic nitrogens is 1. The van der Waals surface area contributed by atoms with Gasteiger partial charge in [0.25, 0.3) is 11.8 Å². The van der Waals surface area contributed by atoms with Crippen molar-refractivity contribution in [1.29, 1.82) is 0 Å². The number of nitrogens with one attached hydrogen (secondary N) is 2. The Morgan fingerprint density at radius 1 is 1.36 bits per heavy atom. The Kier molecular flexibility index (Phi) is 6.32. The second-order valence-electron chi connectivity index (χ2n) is 5.38. The van der Waals surface area contributed by atoms with Gasteiger partial charge in [-0.05, 0) is 31.5 Å². The number of nitrogens with zero attached hydrogens (tertiary/aromatic N) is 1. The summed E-state index contributed by atoms with van der Waals surface area (Å²) in [6, 6.07) is 8.32. The highest BCUT2D eigenvalue weighted by molar-refractivity contribution is 6.02. The van der Waals surface area contributed by atoms with Crippen molar-refractivity contribution in [2.75, 3.05) is 11.9 Å². The second kappa shape index (κ2) is 8.66. The number of aryl methyl sites for hydroxylation is 1. The van der Waals surface area contributed by atoms with Crippen molar-refractivity contribution in [1.82, 2.24) is 10.5 Å². The topological polar surface area (TPSA) is 104 Å². The van der Waals surface area contributed by atoms with E-state index in [0.29, 0.717) is 23.4 Å². The second-order valence-corrected chi connectivity index (χ2v) is 5.38. The molecule has 0 radical (unpaired) electrons. The Balaban J connectivity index is 1.98. The summed E-state index contributed by atoms with van der Waals surface area (Å²) in [4.78, 5) is 23.6. The molecule has 0 aliphatic rings. The summed E-state index contributed by atoms with van der Waals surface area (Å²) >= 11 is 0. The number of benzene rings is 1. The lowest BCUT2D eigenvalue weighted by Crippen LogP contribution is -2.30. The van der Waals surface area contributed by atoms with Gasteiger partial charge in [0.15, 0.2) is 5.69 Å². The quantitative estimate of drug-likeness (QED) is 0.715. The van der Waals surface area contributed by atoms with E-state index in [2.05, 4.69) is 27.6 Å². The molecule has 2 amide bonds. The minimum Gasteiger partial charge on any atom is -0.391 e. The molecule has 25 heavy (non-hydrogen) atoms. The van der Waals surface area contributed by atoms with Crippen LogP contribution in [-0.4, -0.2) is 34.7 Å². The van der Waals surface area contributed by atoms with Gasteiger partial charge < -0.3 is 20.3 Å². The van der Waals surface area contributed by atoms with Crippen LogP contribution in [0.15, 0.2) is 34.9 Å². The Morgan fingerprint density at radius 2 is 2.16 bits per heavy atom. The standard InChI is InChI=1S/C18H19N3O4/c1-3-15(22)11-19-17(23)8-7-13-5-4-6-14(10-13)20-18(24)16-9-12(2)25-21-16/h4-6,9-10,15,22H,3,11H2,1-2H3,(H,19,23)(H,20,24)/t15-/m0/s1. The van der Waals surface area contributed by atoms with Crippen LogP contribution in [-0.2, 0) is 4.79 Å². The van der Waals surface area contributed by atoms with Gasteiger partial charge in [-0.1, -0.05) is 24.1 Å². The highest BCUT2D eigenvalue weighted by Gasteiger charge is 2.11. The lowest BCUT2D eigenvalue weighted by molar-refractivity contribution is -0.116. The number of carbonyl (C=O) groups is 2. The van der Waals surface area contributed by atoms with Gasteiger partial charge in [-0.2, -0.15) is 0 Å². The summed E-state index contributed by atoms with van der Waals surface area (Å²) < 4.78 is 4.86. The summed E-state index contributed by atoms with van der Waals surface area (Å²) in [5.41, 5.74) is 1.28. The number of amides is 2. The van der Waals surface area contributed by atoms with Crippen LogP contribution < -0.4 is 10.6 Å². The van der Waals surface area contributed by atoms with Crippen LogP contribution in [0.1, 0.15) is 35.2 Å². The molecule has 3 N–H and O–H groups in total. The van der Waals surface area contributed by atoms with Crippen molar-refractivity contribution in [2.24, 2.45) is 0 Å². The molecule has 0 aliphatic carbocycles. The van der Waals surface area contributed by atoms with Gasteiger partial charge in [0.05, 0.1) is 6.10 Å². The van der Waals surface area contributed by atoms with Crippen molar-refractivity contribution in [3.8, 4) is 11.8 Å². The Labute approximate surface area is 145 Å². The first-order valence-corrected chi connectivity index (χ1v) is 7.80. The van der Waals surface area contributed by atoms with Gasteiger partial charge in [-0.25, -0.2) is 0 Å². The predicted octanol–water partition coefficient (Wildman–Crippen LogP) is 1.47. The fourth-order valence-electron chi connectivity index (χ4n) is 1.87. The fourth-order valence-corrected chi connectivity index (χ4v) is 1.87. The maximum atomic E-state index is 12.0. The summed E-state index contributed by atoms with van der Waals surface area (Å²) in [6.07, 6.45) is -0.0232. The van der Waals surface area contributed by atoms with Crippen LogP contribution in [0.25, 0.3) is 0 Å². The van der Waals surface area contributed by atoms with Crippen LogP contribution in [0, 0.1) is 18.8 Å². The van der Waals surface area contributed by atoms with E-state index in [1.165, 1.54) is 6.07 Å². The van der Waals surface area contributed by atoms with Gasteiger partial charge in [0, 0.05) is 29.8 Å². The molecule has 1 aromatic carbocycles. The highest BCUT2D eigenvalue weighted by atomic mass is 16.5. The molecule has 0 unspecified atom stereocenters. The van der Waals surface area contributed by atoms with Gasteiger partial charge >= 0.3 is 0 Å². The fraction of sp³-hybridized carbons (Fsp3) is 0.278. The van der Waals surface area contributed by atoms with Crippen LogP contribution in [0.5, 0.6) is 0 Å². The molecule has 1 heterocycles. The molecule has 2 rings (SSSR count).